The number of amides is 2. The molecule has 0 aliphatic carbocycles. The van der Waals surface area contributed by atoms with Crippen molar-refractivity contribution in [1.29, 1.82) is 0 Å². The maximum atomic E-state index is 12.3. The van der Waals surface area contributed by atoms with Gasteiger partial charge in [-0.2, -0.15) is 5.06 Å². The second-order valence-corrected chi connectivity index (χ2v) is 5.90. The summed E-state index contributed by atoms with van der Waals surface area (Å²) in [6.07, 6.45) is 4.85. The highest BCUT2D eigenvalue weighted by molar-refractivity contribution is 6.05. The lowest BCUT2D eigenvalue weighted by Gasteiger charge is -2.16. The molecule has 1 aromatic carbocycles. The van der Waals surface area contributed by atoms with Gasteiger partial charge >= 0.3 is 0 Å². The number of fused-ring (bicyclic) bond motifs is 5. The highest BCUT2D eigenvalue weighted by Gasteiger charge is 2.61. The molecule has 0 saturated carbocycles. The van der Waals surface area contributed by atoms with Gasteiger partial charge in [-0.25, -0.2) is 0 Å². The zero-order valence-corrected chi connectivity index (χ0v) is 12.1. The number of carbonyl (C=O) groups excluding carboxylic acids is 2. The fraction of sp³-hybridized carbons (Fsp3) is 0.412. The molecule has 0 spiro atoms. The molecule has 2 saturated heterocycles. The van der Waals surface area contributed by atoms with Gasteiger partial charge < -0.3 is 4.74 Å². The fourth-order valence-corrected chi connectivity index (χ4v) is 3.48. The maximum Gasteiger partial charge on any atom is 0.260 e. The number of aryl methyl sites for hydroxylation is 1. The van der Waals surface area contributed by atoms with Crippen LogP contribution in [-0.2, 0) is 25.6 Å². The van der Waals surface area contributed by atoms with Crippen LogP contribution in [0.5, 0.6) is 0 Å². The van der Waals surface area contributed by atoms with Crippen LogP contribution in [0, 0.1) is 11.8 Å². The molecule has 0 radical (unpaired) electrons. The van der Waals surface area contributed by atoms with Gasteiger partial charge in [0.05, 0.1) is 30.7 Å². The lowest BCUT2D eigenvalue weighted by molar-refractivity contribution is -0.192. The van der Waals surface area contributed by atoms with Gasteiger partial charge in [-0.15, -0.1) is 0 Å². The van der Waals surface area contributed by atoms with Crippen molar-refractivity contribution in [1.82, 2.24) is 5.06 Å². The molecule has 114 valence electrons. The number of hydroxylamine groups is 2. The van der Waals surface area contributed by atoms with E-state index in [1.54, 1.807) is 0 Å². The summed E-state index contributed by atoms with van der Waals surface area (Å²) in [5.74, 6) is -1.30. The summed E-state index contributed by atoms with van der Waals surface area (Å²) >= 11 is 0. The molecule has 4 rings (SSSR count). The predicted molar refractivity (Wildman–Crippen MR) is 77.3 cm³/mol. The van der Waals surface area contributed by atoms with Crippen molar-refractivity contribution in [2.24, 2.45) is 11.8 Å². The first-order chi connectivity index (χ1) is 10.8. The Morgan fingerprint density at radius 3 is 2.27 bits per heavy atom. The van der Waals surface area contributed by atoms with Gasteiger partial charge in [-0.3, -0.25) is 14.4 Å². The molecule has 3 aliphatic rings. The molecule has 22 heavy (non-hydrogen) atoms. The first-order valence-corrected chi connectivity index (χ1v) is 7.64. The van der Waals surface area contributed by atoms with Crippen molar-refractivity contribution in [3.05, 3.63) is 48.0 Å². The lowest BCUT2D eigenvalue weighted by Crippen LogP contribution is -2.34. The molecule has 0 N–H and O–H groups in total. The summed E-state index contributed by atoms with van der Waals surface area (Å²) in [6.45, 7) is 0.357. The molecule has 3 heterocycles. The summed E-state index contributed by atoms with van der Waals surface area (Å²) < 4.78 is 5.58. The van der Waals surface area contributed by atoms with Crippen LogP contribution in [0.1, 0.15) is 12.0 Å². The maximum absolute atomic E-state index is 12.3. The number of ether oxygens (including phenoxy) is 1. The summed E-state index contributed by atoms with van der Waals surface area (Å²) in [7, 11) is 0. The Morgan fingerprint density at radius 1 is 1.00 bits per heavy atom. The van der Waals surface area contributed by atoms with E-state index in [1.807, 2.05) is 30.4 Å². The largest absolute Gasteiger partial charge is 0.365 e. The number of rotatable bonds is 5. The van der Waals surface area contributed by atoms with E-state index in [4.69, 9.17) is 9.57 Å². The Labute approximate surface area is 128 Å². The predicted octanol–water partition coefficient (Wildman–Crippen LogP) is 1.49. The average Bonchev–Trinajstić information content (AvgIpc) is 3.21. The van der Waals surface area contributed by atoms with Crippen LogP contribution in [-0.4, -0.2) is 35.7 Å². The summed E-state index contributed by atoms with van der Waals surface area (Å²) in [5.41, 5.74) is 1.22. The quantitative estimate of drug-likeness (QED) is 0.469. The van der Waals surface area contributed by atoms with Crippen LogP contribution in [0.25, 0.3) is 0 Å². The third-order valence-corrected chi connectivity index (χ3v) is 4.54. The number of hydrogen-bond acceptors (Lipinski definition) is 4. The van der Waals surface area contributed by atoms with E-state index in [9.17, 15) is 9.59 Å². The Hall–Kier alpha value is -1.98. The zero-order valence-electron chi connectivity index (χ0n) is 12.1. The summed E-state index contributed by atoms with van der Waals surface area (Å²) in [6, 6.07) is 10.1. The van der Waals surface area contributed by atoms with Gasteiger partial charge in [0.2, 0.25) is 0 Å². The molecule has 2 bridgehead atoms. The molecule has 2 amide bonds. The molecule has 4 atom stereocenters. The standard InChI is InChI=1S/C17H17NO4/c19-16-14-12-8-9-13(22-12)15(14)17(20)18(16)21-10-4-7-11-5-2-1-3-6-11/h1-3,5-6,8-9,12-15H,4,7,10H2/t12-,13+,14-,15+. The van der Waals surface area contributed by atoms with Crippen molar-refractivity contribution in [3.63, 3.8) is 0 Å². The molecule has 3 aliphatic heterocycles. The van der Waals surface area contributed by atoms with Crippen LogP contribution in [0.3, 0.4) is 0 Å². The second kappa shape index (κ2) is 5.34. The first-order valence-electron chi connectivity index (χ1n) is 7.64. The highest BCUT2D eigenvalue weighted by Crippen LogP contribution is 2.45. The van der Waals surface area contributed by atoms with E-state index >= 15 is 0 Å². The van der Waals surface area contributed by atoms with E-state index < -0.39 is 11.8 Å². The minimum atomic E-state index is -0.392. The zero-order chi connectivity index (χ0) is 15.1. The second-order valence-electron chi connectivity index (χ2n) is 5.90. The van der Waals surface area contributed by atoms with Crippen molar-refractivity contribution < 1.29 is 19.2 Å². The summed E-state index contributed by atoms with van der Waals surface area (Å²) in [5, 5.41) is 0.968. The van der Waals surface area contributed by atoms with Crippen LogP contribution in [0.2, 0.25) is 0 Å². The first kappa shape index (κ1) is 13.7. The number of imide groups is 1. The molecule has 0 unspecified atom stereocenters. The molecule has 5 heteroatoms. The number of carbonyl (C=O) groups is 2. The van der Waals surface area contributed by atoms with Crippen LogP contribution in [0.15, 0.2) is 42.5 Å². The Morgan fingerprint density at radius 2 is 1.64 bits per heavy atom. The third kappa shape index (κ3) is 2.09. The molecular formula is C17H17NO4. The van der Waals surface area contributed by atoms with Gasteiger partial charge in [0.1, 0.15) is 0 Å². The van der Waals surface area contributed by atoms with Crippen LogP contribution >= 0.6 is 0 Å². The van der Waals surface area contributed by atoms with Crippen LogP contribution < -0.4 is 0 Å². The minimum Gasteiger partial charge on any atom is -0.365 e. The normalized spacial score (nSPS) is 32.1. The topological polar surface area (TPSA) is 55.8 Å². The van der Waals surface area contributed by atoms with E-state index in [0.717, 1.165) is 17.9 Å². The Balaban J connectivity index is 1.33. The van der Waals surface area contributed by atoms with Crippen molar-refractivity contribution in [3.8, 4) is 0 Å². The molecule has 5 nitrogen and oxygen atoms in total. The molecular weight excluding hydrogens is 282 g/mol. The SMILES string of the molecule is O=C1[C@@H]2[C@H](C(=O)N1OCCCc1ccccc1)[C@H]1C=C[C@@H]2O1. The monoisotopic (exact) mass is 299 g/mol. The Bertz CT molecular complexity index is 597. The lowest BCUT2D eigenvalue weighted by atomic mass is 9.85. The van der Waals surface area contributed by atoms with Gasteiger partial charge in [-0.05, 0) is 18.4 Å². The van der Waals surface area contributed by atoms with Crippen LogP contribution in [0.4, 0.5) is 0 Å². The summed E-state index contributed by atoms with van der Waals surface area (Å²) in [4.78, 5) is 30.1. The Kier molecular flexibility index (Phi) is 3.32. The third-order valence-electron chi connectivity index (χ3n) is 4.54. The van der Waals surface area contributed by atoms with E-state index in [-0.39, 0.29) is 24.0 Å². The average molecular weight is 299 g/mol. The van der Waals surface area contributed by atoms with E-state index in [2.05, 4.69) is 12.1 Å². The highest BCUT2D eigenvalue weighted by atomic mass is 16.7. The number of benzene rings is 1. The van der Waals surface area contributed by atoms with Gasteiger partial charge in [0, 0.05) is 0 Å². The van der Waals surface area contributed by atoms with Gasteiger partial charge in [0.15, 0.2) is 0 Å². The van der Waals surface area contributed by atoms with E-state index in [1.165, 1.54) is 5.56 Å². The molecule has 2 fully saturated rings. The van der Waals surface area contributed by atoms with Crippen molar-refractivity contribution in [2.75, 3.05) is 6.61 Å². The minimum absolute atomic E-state index is 0.258. The fourth-order valence-electron chi connectivity index (χ4n) is 3.48. The van der Waals surface area contributed by atoms with Gasteiger partial charge in [0.25, 0.3) is 11.8 Å². The number of hydrogen-bond donors (Lipinski definition) is 0. The van der Waals surface area contributed by atoms with Crippen molar-refractivity contribution >= 4 is 11.8 Å². The molecule has 1 aromatic rings. The van der Waals surface area contributed by atoms with Crippen molar-refractivity contribution in [2.45, 2.75) is 25.0 Å². The van der Waals surface area contributed by atoms with Gasteiger partial charge in [-0.1, -0.05) is 42.5 Å². The molecule has 0 aromatic heterocycles. The number of nitrogens with zero attached hydrogens (tertiary/aromatic N) is 1. The van der Waals surface area contributed by atoms with E-state index in [0.29, 0.717) is 6.61 Å². The smallest absolute Gasteiger partial charge is 0.260 e.